The summed E-state index contributed by atoms with van der Waals surface area (Å²) in [6.45, 7) is 3.14. The first-order valence-electron chi connectivity index (χ1n) is 9.53. The Hall–Kier alpha value is -3.59. The van der Waals surface area contributed by atoms with Crippen LogP contribution in [-0.4, -0.2) is 22.4 Å². The highest BCUT2D eigenvalue weighted by atomic mass is 16.5. The summed E-state index contributed by atoms with van der Waals surface area (Å²) in [7, 11) is 0. The number of aromatic nitrogens is 1. The van der Waals surface area contributed by atoms with Gasteiger partial charge in [0.05, 0.1) is 0 Å². The second-order valence-electron chi connectivity index (χ2n) is 7.16. The maximum absolute atomic E-state index is 12.8. The Morgan fingerprint density at radius 1 is 1.21 bits per heavy atom. The number of Topliss-reactive ketones (excluding diaryl/α,β-unsaturated/α-hetero) is 1. The summed E-state index contributed by atoms with van der Waals surface area (Å²) in [4.78, 5) is 25.5. The molecule has 0 spiro atoms. The zero-order valence-electron chi connectivity index (χ0n) is 16.3. The normalized spacial score (nSPS) is 13.6. The SMILES string of the molecule is Cc1oc(-n2cccc2)c(C#N)c1C(=O)O[C@@H](C)C(=O)c1ccc2c(c1)CCC2. The summed E-state index contributed by atoms with van der Waals surface area (Å²) in [5, 5.41) is 9.57. The van der Waals surface area contributed by atoms with E-state index in [4.69, 9.17) is 9.15 Å². The quantitative estimate of drug-likeness (QED) is 0.484. The van der Waals surface area contributed by atoms with E-state index < -0.39 is 12.1 Å². The first-order chi connectivity index (χ1) is 14.0. The van der Waals surface area contributed by atoms with Crippen LogP contribution in [0.1, 0.15) is 56.5 Å². The lowest BCUT2D eigenvalue weighted by Gasteiger charge is -2.13. The van der Waals surface area contributed by atoms with Crippen LogP contribution in [0.4, 0.5) is 0 Å². The van der Waals surface area contributed by atoms with E-state index in [9.17, 15) is 14.9 Å². The van der Waals surface area contributed by atoms with Crippen molar-refractivity contribution in [2.75, 3.05) is 0 Å². The van der Waals surface area contributed by atoms with Gasteiger partial charge in [-0.1, -0.05) is 12.1 Å². The summed E-state index contributed by atoms with van der Waals surface area (Å²) < 4.78 is 12.7. The van der Waals surface area contributed by atoms with E-state index in [1.807, 2.05) is 18.2 Å². The molecule has 29 heavy (non-hydrogen) atoms. The Balaban J connectivity index is 1.56. The number of hydrogen-bond acceptors (Lipinski definition) is 5. The molecule has 0 bridgehead atoms. The van der Waals surface area contributed by atoms with E-state index in [0.717, 1.165) is 19.3 Å². The highest BCUT2D eigenvalue weighted by Crippen LogP contribution is 2.27. The van der Waals surface area contributed by atoms with Crippen molar-refractivity contribution in [1.29, 1.82) is 5.26 Å². The van der Waals surface area contributed by atoms with Crippen molar-refractivity contribution in [3.8, 4) is 12.0 Å². The largest absolute Gasteiger partial charge is 0.451 e. The fourth-order valence-corrected chi connectivity index (χ4v) is 3.76. The van der Waals surface area contributed by atoms with Crippen LogP contribution in [0.25, 0.3) is 5.88 Å². The van der Waals surface area contributed by atoms with Gasteiger partial charge in [-0.25, -0.2) is 4.79 Å². The van der Waals surface area contributed by atoms with E-state index in [2.05, 4.69) is 0 Å². The van der Waals surface area contributed by atoms with Gasteiger partial charge in [-0.2, -0.15) is 5.26 Å². The second kappa shape index (κ2) is 7.44. The lowest BCUT2D eigenvalue weighted by Crippen LogP contribution is -2.25. The van der Waals surface area contributed by atoms with Crippen LogP contribution in [0.15, 0.2) is 47.1 Å². The number of nitriles is 1. The van der Waals surface area contributed by atoms with E-state index in [1.165, 1.54) is 11.1 Å². The molecule has 0 amide bonds. The number of nitrogens with zero attached hydrogens (tertiary/aromatic N) is 2. The third kappa shape index (κ3) is 3.36. The first kappa shape index (κ1) is 18.8. The average molecular weight is 388 g/mol. The highest BCUT2D eigenvalue weighted by Gasteiger charge is 2.29. The lowest BCUT2D eigenvalue weighted by atomic mass is 10.0. The third-order valence-corrected chi connectivity index (χ3v) is 5.26. The Morgan fingerprint density at radius 2 is 1.93 bits per heavy atom. The van der Waals surface area contributed by atoms with E-state index in [0.29, 0.717) is 5.56 Å². The first-order valence-corrected chi connectivity index (χ1v) is 9.53. The van der Waals surface area contributed by atoms with Gasteiger partial charge in [0.2, 0.25) is 11.7 Å². The van der Waals surface area contributed by atoms with Crippen molar-refractivity contribution in [3.63, 3.8) is 0 Å². The van der Waals surface area contributed by atoms with Gasteiger partial charge >= 0.3 is 5.97 Å². The molecular formula is C23H20N2O4. The molecule has 146 valence electrons. The minimum atomic E-state index is -0.974. The van der Waals surface area contributed by atoms with Crippen LogP contribution in [0, 0.1) is 18.3 Å². The van der Waals surface area contributed by atoms with Gasteiger partial charge in [0, 0.05) is 18.0 Å². The van der Waals surface area contributed by atoms with Gasteiger partial charge in [-0.3, -0.25) is 9.36 Å². The fraction of sp³-hybridized carbons (Fsp3) is 0.261. The van der Waals surface area contributed by atoms with Crippen molar-refractivity contribution >= 4 is 11.8 Å². The zero-order valence-corrected chi connectivity index (χ0v) is 16.3. The van der Waals surface area contributed by atoms with E-state index in [1.54, 1.807) is 49.0 Å². The number of esters is 1. The average Bonchev–Trinajstić information content (AvgIpc) is 3.45. The molecule has 2 aromatic heterocycles. The fourth-order valence-electron chi connectivity index (χ4n) is 3.76. The highest BCUT2D eigenvalue weighted by molar-refractivity contribution is 6.02. The van der Waals surface area contributed by atoms with Crippen LogP contribution in [0.2, 0.25) is 0 Å². The summed E-state index contributed by atoms with van der Waals surface area (Å²) in [6.07, 6.45) is 5.56. The predicted octanol–water partition coefficient (Wildman–Crippen LogP) is 4.17. The molecule has 2 heterocycles. The minimum absolute atomic E-state index is 0.0461. The molecule has 1 aliphatic rings. The minimum Gasteiger partial charge on any atom is -0.451 e. The number of ether oxygens (including phenoxy) is 1. The van der Waals surface area contributed by atoms with E-state index >= 15 is 0 Å². The number of carbonyl (C=O) groups is 2. The number of ketones is 1. The number of aryl methyl sites for hydroxylation is 3. The van der Waals surface area contributed by atoms with Gasteiger partial charge in [0.1, 0.15) is 23.0 Å². The number of furan rings is 1. The Kier molecular flexibility index (Phi) is 4.81. The van der Waals surface area contributed by atoms with Crippen molar-refractivity contribution in [2.45, 2.75) is 39.2 Å². The Morgan fingerprint density at radius 3 is 2.66 bits per heavy atom. The number of hydrogen-bond donors (Lipinski definition) is 0. The predicted molar refractivity (Wildman–Crippen MR) is 105 cm³/mol. The Bertz CT molecular complexity index is 1130. The van der Waals surface area contributed by atoms with Crippen LogP contribution >= 0.6 is 0 Å². The molecule has 0 radical (unpaired) electrons. The van der Waals surface area contributed by atoms with Crippen LogP contribution < -0.4 is 0 Å². The standard InChI is InChI=1S/C23H20N2O4/c1-14-20(19(13-24)22(28-14)25-10-3-4-11-25)23(27)29-15(2)21(26)18-9-8-16-6-5-7-17(16)12-18/h3-4,8-12,15H,5-7H2,1-2H3/t15-/m0/s1. The maximum atomic E-state index is 12.8. The smallest absolute Gasteiger partial charge is 0.343 e. The van der Waals surface area contributed by atoms with Crippen molar-refractivity contribution in [1.82, 2.24) is 4.57 Å². The molecule has 6 nitrogen and oxygen atoms in total. The number of fused-ring (bicyclic) bond motifs is 1. The molecule has 0 aliphatic heterocycles. The van der Waals surface area contributed by atoms with Gasteiger partial charge in [-0.15, -0.1) is 0 Å². The molecule has 0 saturated heterocycles. The second-order valence-corrected chi connectivity index (χ2v) is 7.16. The van der Waals surface area contributed by atoms with E-state index in [-0.39, 0.29) is 28.6 Å². The summed E-state index contributed by atoms with van der Waals surface area (Å²) in [5.74, 6) is -0.492. The topological polar surface area (TPSA) is 85.2 Å². The molecule has 6 heteroatoms. The summed E-state index contributed by atoms with van der Waals surface area (Å²) in [5.41, 5.74) is 3.12. The summed E-state index contributed by atoms with van der Waals surface area (Å²) in [6, 6.07) is 11.2. The number of rotatable bonds is 5. The molecule has 1 aliphatic carbocycles. The zero-order chi connectivity index (χ0) is 20.5. The van der Waals surface area contributed by atoms with Gasteiger partial charge < -0.3 is 9.15 Å². The number of benzene rings is 1. The van der Waals surface area contributed by atoms with Crippen molar-refractivity contribution in [2.24, 2.45) is 0 Å². The monoisotopic (exact) mass is 388 g/mol. The number of carbonyl (C=O) groups excluding carboxylic acids is 2. The van der Waals surface area contributed by atoms with Crippen LogP contribution in [0.3, 0.4) is 0 Å². The van der Waals surface area contributed by atoms with Gasteiger partial charge in [-0.05, 0) is 62.4 Å². The molecule has 0 N–H and O–H groups in total. The van der Waals surface area contributed by atoms with Gasteiger partial charge in [0.15, 0.2) is 6.10 Å². The molecule has 3 aromatic rings. The van der Waals surface area contributed by atoms with Crippen molar-refractivity contribution < 1.29 is 18.7 Å². The lowest BCUT2D eigenvalue weighted by molar-refractivity contribution is 0.0317. The molecule has 0 unspecified atom stereocenters. The van der Waals surface area contributed by atoms with Gasteiger partial charge in [0.25, 0.3) is 0 Å². The summed E-state index contributed by atoms with van der Waals surface area (Å²) >= 11 is 0. The van der Waals surface area contributed by atoms with Crippen molar-refractivity contribution in [3.05, 3.63) is 76.3 Å². The molecular weight excluding hydrogens is 368 g/mol. The maximum Gasteiger partial charge on any atom is 0.343 e. The molecule has 1 atom stereocenters. The Labute approximate surface area is 168 Å². The molecule has 0 fully saturated rings. The molecule has 0 saturated carbocycles. The van der Waals surface area contributed by atoms with Crippen LogP contribution in [0.5, 0.6) is 0 Å². The third-order valence-electron chi connectivity index (χ3n) is 5.26. The molecule has 1 aromatic carbocycles. The molecule has 4 rings (SSSR count). The van der Waals surface area contributed by atoms with Crippen LogP contribution in [-0.2, 0) is 17.6 Å².